The molecule has 0 aromatic heterocycles. The summed E-state index contributed by atoms with van der Waals surface area (Å²) in [6.07, 6.45) is 0.979. The van der Waals surface area contributed by atoms with Crippen LogP contribution in [-0.4, -0.2) is 25.0 Å². The van der Waals surface area contributed by atoms with Crippen LogP contribution in [0.15, 0.2) is 24.3 Å². The van der Waals surface area contributed by atoms with Crippen molar-refractivity contribution < 1.29 is 14.3 Å². The Morgan fingerprint density at radius 2 is 1.95 bits per heavy atom. The van der Waals surface area contributed by atoms with Gasteiger partial charge in [-0.05, 0) is 37.6 Å². The van der Waals surface area contributed by atoms with Crippen molar-refractivity contribution >= 4 is 24.2 Å². The molecule has 0 aliphatic rings. The first kappa shape index (κ1) is 17.2. The molecule has 19 heavy (non-hydrogen) atoms. The summed E-state index contributed by atoms with van der Waals surface area (Å²) in [5, 5.41) is 7.25. The number of hydrogen-bond acceptors (Lipinski definition) is 4. The molecule has 0 aliphatic carbocycles. The Morgan fingerprint density at radius 3 is 2.47 bits per heavy atom. The number of amidine groups is 1. The first-order chi connectivity index (χ1) is 8.63. The molecule has 0 saturated heterocycles. The number of nitrogens with one attached hydrogen (secondary N) is 1. The van der Waals surface area contributed by atoms with Gasteiger partial charge in [0.15, 0.2) is 0 Å². The standard InChI is InChI=1S/C13H18N2O3.ClH/c1-2-17-12(16)4-3-9-18-11-7-5-10(6-8-11)13(14)15;/h5-8H,2-4,9H2,1H3,(H3,14,15);1H. The van der Waals surface area contributed by atoms with Crippen molar-refractivity contribution in [3.8, 4) is 5.75 Å². The largest absolute Gasteiger partial charge is 0.494 e. The van der Waals surface area contributed by atoms with Crippen LogP contribution < -0.4 is 10.5 Å². The van der Waals surface area contributed by atoms with Crippen molar-refractivity contribution in [1.29, 1.82) is 5.41 Å². The maximum absolute atomic E-state index is 11.1. The zero-order valence-corrected chi connectivity index (χ0v) is 11.7. The number of carbonyl (C=O) groups excluding carboxylic acids is 1. The van der Waals surface area contributed by atoms with E-state index in [2.05, 4.69) is 0 Å². The number of nitrogens with two attached hydrogens (primary N) is 1. The lowest BCUT2D eigenvalue weighted by Gasteiger charge is -2.06. The molecule has 0 atom stereocenters. The highest BCUT2D eigenvalue weighted by atomic mass is 35.5. The van der Waals surface area contributed by atoms with Gasteiger partial charge in [-0.15, -0.1) is 12.4 Å². The number of rotatable bonds is 7. The Hall–Kier alpha value is -1.75. The molecule has 0 spiro atoms. The van der Waals surface area contributed by atoms with E-state index in [0.717, 1.165) is 0 Å². The third kappa shape index (κ3) is 6.67. The topological polar surface area (TPSA) is 85.4 Å². The van der Waals surface area contributed by atoms with E-state index in [1.54, 1.807) is 31.2 Å². The van der Waals surface area contributed by atoms with Crippen LogP contribution in [-0.2, 0) is 9.53 Å². The summed E-state index contributed by atoms with van der Waals surface area (Å²) < 4.78 is 10.3. The van der Waals surface area contributed by atoms with E-state index in [1.165, 1.54) is 0 Å². The maximum Gasteiger partial charge on any atom is 0.305 e. The van der Waals surface area contributed by atoms with Crippen molar-refractivity contribution in [2.24, 2.45) is 5.73 Å². The number of nitrogen functional groups attached to an aromatic ring is 1. The molecule has 0 aliphatic heterocycles. The molecule has 5 nitrogen and oxygen atoms in total. The second kappa shape index (κ2) is 9.22. The van der Waals surface area contributed by atoms with Gasteiger partial charge in [0, 0.05) is 12.0 Å². The van der Waals surface area contributed by atoms with E-state index in [-0.39, 0.29) is 24.2 Å². The minimum absolute atomic E-state index is 0. The molecule has 106 valence electrons. The maximum atomic E-state index is 11.1. The molecule has 0 saturated carbocycles. The normalized spacial score (nSPS) is 9.32. The molecule has 0 bridgehead atoms. The lowest BCUT2D eigenvalue weighted by molar-refractivity contribution is -0.143. The quantitative estimate of drug-likeness (QED) is 0.348. The Morgan fingerprint density at radius 1 is 1.32 bits per heavy atom. The number of hydrogen-bond donors (Lipinski definition) is 2. The first-order valence-electron chi connectivity index (χ1n) is 5.86. The molecular weight excluding hydrogens is 268 g/mol. The van der Waals surface area contributed by atoms with Gasteiger partial charge in [0.2, 0.25) is 0 Å². The monoisotopic (exact) mass is 286 g/mol. The smallest absolute Gasteiger partial charge is 0.305 e. The van der Waals surface area contributed by atoms with Crippen molar-refractivity contribution in [3.63, 3.8) is 0 Å². The first-order valence-corrected chi connectivity index (χ1v) is 5.86. The fraction of sp³-hybridized carbons (Fsp3) is 0.385. The van der Waals surface area contributed by atoms with Crippen molar-refractivity contribution in [2.45, 2.75) is 19.8 Å². The number of esters is 1. The zero-order valence-electron chi connectivity index (χ0n) is 10.8. The highest BCUT2D eigenvalue weighted by molar-refractivity contribution is 5.94. The summed E-state index contributed by atoms with van der Waals surface area (Å²) >= 11 is 0. The van der Waals surface area contributed by atoms with Crippen molar-refractivity contribution in [2.75, 3.05) is 13.2 Å². The second-order valence-electron chi connectivity index (χ2n) is 3.70. The molecule has 0 heterocycles. The van der Waals surface area contributed by atoms with Gasteiger partial charge in [-0.3, -0.25) is 10.2 Å². The van der Waals surface area contributed by atoms with E-state index in [0.29, 0.717) is 37.4 Å². The van der Waals surface area contributed by atoms with Crippen LogP contribution in [0.1, 0.15) is 25.3 Å². The van der Waals surface area contributed by atoms with Crippen LogP contribution in [0.4, 0.5) is 0 Å². The number of ether oxygens (including phenoxy) is 2. The van der Waals surface area contributed by atoms with Crippen LogP contribution in [0.5, 0.6) is 5.75 Å². The highest BCUT2D eigenvalue weighted by Gasteiger charge is 2.02. The minimum atomic E-state index is -0.201. The second-order valence-corrected chi connectivity index (χ2v) is 3.70. The van der Waals surface area contributed by atoms with Gasteiger partial charge < -0.3 is 15.2 Å². The third-order valence-corrected chi connectivity index (χ3v) is 2.26. The Balaban J connectivity index is 0.00000324. The van der Waals surface area contributed by atoms with Crippen molar-refractivity contribution in [3.05, 3.63) is 29.8 Å². The van der Waals surface area contributed by atoms with Gasteiger partial charge in [-0.25, -0.2) is 0 Å². The Kier molecular flexibility index (Phi) is 8.37. The fourth-order valence-corrected chi connectivity index (χ4v) is 1.37. The fourth-order valence-electron chi connectivity index (χ4n) is 1.37. The van der Waals surface area contributed by atoms with E-state index in [4.69, 9.17) is 20.6 Å². The van der Waals surface area contributed by atoms with Gasteiger partial charge >= 0.3 is 5.97 Å². The van der Waals surface area contributed by atoms with Crippen LogP contribution in [0.2, 0.25) is 0 Å². The van der Waals surface area contributed by atoms with Crippen molar-refractivity contribution in [1.82, 2.24) is 0 Å². The molecule has 6 heteroatoms. The van der Waals surface area contributed by atoms with E-state index in [9.17, 15) is 4.79 Å². The third-order valence-electron chi connectivity index (χ3n) is 2.26. The lowest BCUT2D eigenvalue weighted by Crippen LogP contribution is -2.10. The molecule has 1 aromatic rings. The van der Waals surface area contributed by atoms with E-state index in [1.807, 2.05) is 0 Å². The minimum Gasteiger partial charge on any atom is -0.494 e. The molecule has 0 fully saturated rings. The van der Waals surface area contributed by atoms with Gasteiger partial charge in [0.05, 0.1) is 13.2 Å². The van der Waals surface area contributed by atoms with E-state index >= 15 is 0 Å². The molecule has 0 amide bonds. The molecule has 0 unspecified atom stereocenters. The number of halogens is 1. The SMILES string of the molecule is CCOC(=O)CCCOc1ccc(C(=N)N)cc1.Cl. The summed E-state index contributed by atoms with van der Waals surface area (Å²) in [6, 6.07) is 6.95. The van der Waals surface area contributed by atoms with Crippen LogP contribution in [0, 0.1) is 5.41 Å². The van der Waals surface area contributed by atoms with Gasteiger partial charge in [-0.1, -0.05) is 0 Å². The molecule has 1 aromatic carbocycles. The van der Waals surface area contributed by atoms with Crippen LogP contribution in [0.25, 0.3) is 0 Å². The average Bonchev–Trinajstić information content (AvgIpc) is 2.35. The zero-order chi connectivity index (χ0) is 13.4. The highest BCUT2D eigenvalue weighted by Crippen LogP contribution is 2.12. The molecule has 1 rings (SSSR count). The predicted molar refractivity (Wildman–Crippen MR) is 76.1 cm³/mol. The van der Waals surface area contributed by atoms with Crippen LogP contribution in [0.3, 0.4) is 0 Å². The number of carbonyl (C=O) groups is 1. The summed E-state index contributed by atoms with van der Waals surface area (Å²) in [6.45, 7) is 2.65. The summed E-state index contributed by atoms with van der Waals surface area (Å²) in [5.74, 6) is 0.528. The van der Waals surface area contributed by atoms with Gasteiger partial charge in [-0.2, -0.15) is 0 Å². The molecule has 0 radical (unpaired) electrons. The summed E-state index contributed by atoms with van der Waals surface area (Å²) in [7, 11) is 0. The lowest BCUT2D eigenvalue weighted by atomic mass is 10.2. The van der Waals surface area contributed by atoms with Gasteiger partial charge in [0.25, 0.3) is 0 Å². The van der Waals surface area contributed by atoms with Crippen LogP contribution >= 0.6 is 12.4 Å². The average molecular weight is 287 g/mol. The summed E-state index contributed by atoms with van der Waals surface area (Å²) in [5.41, 5.74) is 6.00. The Labute approximate surface area is 119 Å². The van der Waals surface area contributed by atoms with Gasteiger partial charge in [0.1, 0.15) is 11.6 Å². The molecule has 3 N–H and O–H groups in total. The Bertz CT molecular complexity index is 407. The molecular formula is C13H19ClN2O3. The van der Waals surface area contributed by atoms with E-state index < -0.39 is 0 Å². The number of benzene rings is 1. The summed E-state index contributed by atoms with van der Waals surface area (Å²) in [4.78, 5) is 11.1. The predicted octanol–water partition coefficient (Wildman–Crippen LogP) is 2.11.